The minimum absolute atomic E-state index is 0.208. The molecule has 0 radical (unpaired) electrons. The van der Waals surface area contributed by atoms with Crippen molar-refractivity contribution in [3.05, 3.63) is 24.4 Å². The number of anilines is 1. The summed E-state index contributed by atoms with van der Waals surface area (Å²) in [6, 6.07) is 7.67. The van der Waals surface area contributed by atoms with Crippen molar-refractivity contribution in [2.24, 2.45) is 5.92 Å². The molecule has 6 nitrogen and oxygen atoms in total. The van der Waals surface area contributed by atoms with E-state index in [1.807, 2.05) is 29.1 Å². The van der Waals surface area contributed by atoms with E-state index in [-0.39, 0.29) is 18.0 Å². The zero-order chi connectivity index (χ0) is 15.4. The molecule has 2 N–H and O–H groups in total. The molecule has 6 heteroatoms. The Kier molecular flexibility index (Phi) is 4.43. The van der Waals surface area contributed by atoms with Crippen molar-refractivity contribution in [1.29, 1.82) is 5.26 Å². The van der Waals surface area contributed by atoms with Gasteiger partial charge >= 0.3 is 6.03 Å². The monoisotopic (exact) mass is 285 g/mol. The summed E-state index contributed by atoms with van der Waals surface area (Å²) in [6.07, 6.45) is 1.81. The summed E-state index contributed by atoms with van der Waals surface area (Å²) in [5.41, 5.74) is 1.68. The first-order valence-corrected chi connectivity index (χ1v) is 6.93. The number of nitriles is 1. The molecule has 0 bridgehead atoms. The van der Waals surface area contributed by atoms with Gasteiger partial charge in [0.05, 0.1) is 23.7 Å². The fourth-order valence-electron chi connectivity index (χ4n) is 1.99. The van der Waals surface area contributed by atoms with Crippen LogP contribution in [0.25, 0.3) is 10.9 Å². The molecule has 0 aliphatic carbocycles. The van der Waals surface area contributed by atoms with Crippen LogP contribution in [0.15, 0.2) is 24.4 Å². The number of nitrogens with one attached hydrogen (secondary N) is 2. The summed E-state index contributed by atoms with van der Waals surface area (Å²) in [5.74, 6) is -0.208. The summed E-state index contributed by atoms with van der Waals surface area (Å²) in [4.78, 5) is 11.8. The molecule has 110 valence electrons. The standard InChI is InChI=1S/C15H19N5O/c1-10(2)20-14-6-13(5-4-12(14)9-18-20)19-15(21)17-8-11(3)7-16/h4-6,9-11H,8H2,1-3H3,(H2,17,19,21)/t11-/m1/s1. The molecule has 0 spiro atoms. The predicted octanol–water partition coefficient (Wildman–Crippen LogP) is 2.90. The number of rotatable bonds is 4. The zero-order valence-electron chi connectivity index (χ0n) is 12.4. The van der Waals surface area contributed by atoms with Gasteiger partial charge in [-0.1, -0.05) is 0 Å². The fourth-order valence-corrected chi connectivity index (χ4v) is 1.99. The third kappa shape index (κ3) is 3.51. The van der Waals surface area contributed by atoms with Gasteiger partial charge in [0.1, 0.15) is 0 Å². The highest BCUT2D eigenvalue weighted by Crippen LogP contribution is 2.21. The summed E-state index contributed by atoms with van der Waals surface area (Å²) in [5, 5.41) is 19.5. The third-order valence-corrected chi connectivity index (χ3v) is 3.13. The highest BCUT2D eigenvalue weighted by molar-refractivity contribution is 5.92. The molecule has 0 aliphatic rings. The summed E-state index contributed by atoms with van der Waals surface area (Å²) in [6.45, 7) is 6.20. The van der Waals surface area contributed by atoms with E-state index in [4.69, 9.17) is 5.26 Å². The number of carbonyl (C=O) groups is 1. The lowest BCUT2D eigenvalue weighted by molar-refractivity contribution is 0.251. The van der Waals surface area contributed by atoms with Crippen molar-refractivity contribution in [1.82, 2.24) is 15.1 Å². The van der Waals surface area contributed by atoms with E-state index < -0.39 is 0 Å². The first kappa shape index (κ1) is 14.9. The van der Waals surface area contributed by atoms with Crippen molar-refractivity contribution in [2.45, 2.75) is 26.8 Å². The van der Waals surface area contributed by atoms with Gasteiger partial charge in [0, 0.05) is 23.7 Å². The SMILES string of the molecule is CC(C)n1ncc2ccc(NC(=O)NC[C@H](C)C#N)cc21. The van der Waals surface area contributed by atoms with Crippen molar-refractivity contribution < 1.29 is 4.79 Å². The number of aromatic nitrogens is 2. The van der Waals surface area contributed by atoms with Crippen LogP contribution in [0, 0.1) is 17.2 Å². The molecule has 0 unspecified atom stereocenters. The molecule has 1 aromatic carbocycles. The smallest absolute Gasteiger partial charge is 0.319 e. The summed E-state index contributed by atoms with van der Waals surface area (Å²) >= 11 is 0. The second-order valence-corrected chi connectivity index (χ2v) is 5.32. The van der Waals surface area contributed by atoms with E-state index in [1.165, 1.54) is 0 Å². The van der Waals surface area contributed by atoms with E-state index in [0.717, 1.165) is 10.9 Å². The molecule has 2 amide bonds. The number of nitrogens with zero attached hydrogens (tertiary/aromatic N) is 3. The molecule has 2 aromatic rings. The van der Waals surface area contributed by atoms with Crippen molar-refractivity contribution >= 4 is 22.6 Å². The van der Waals surface area contributed by atoms with Crippen LogP contribution < -0.4 is 10.6 Å². The lowest BCUT2D eigenvalue weighted by atomic mass is 10.2. The first-order chi connectivity index (χ1) is 10.0. The quantitative estimate of drug-likeness (QED) is 0.906. The first-order valence-electron chi connectivity index (χ1n) is 6.93. The summed E-state index contributed by atoms with van der Waals surface area (Å²) < 4.78 is 1.91. The maximum atomic E-state index is 11.8. The molecule has 0 saturated heterocycles. The Hall–Kier alpha value is -2.55. The molecule has 21 heavy (non-hydrogen) atoms. The van der Waals surface area contributed by atoms with E-state index in [9.17, 15) is 4.79 Å². The van der Waals surface area contributed by atoms with Crippen molar-refractivity contribution in [3.63, 3.8) is 0 Å². The highest BCUT2D eigenvalue weighted by Gasteiger charge is 2.09. The van der Waals surface area contributed by atoms with Gasteiger partial charge in [-0.2, -0.15) is 10.4 Å². The normalized spacial score (nSPS) is 12.1. The van der Waals surface area contributed by atoms with Gasteiger partial charge in [0.2, 0.25) is 0 Å². The lowest BCUT2D eigenvalue weighted by Crippen LogP contribution is -2.32. The van der Waals surface area contributed by atoms with E-state index in [1.54, 1.807) is 6.92 Å². The number of amides is 2. The summed E-state index contributed by atoms with van der Waals surface area (Å²) in [7, 11) is 0. The predicted molar refractivity (Wildman–Crippen MR) is 81.9 cm³/mol. The van der Waals surface area contributed by atoms with Crippen LogP contribution in [-0.4, -0.2) is 22.4 Å². The number of hydrogen-bond acceptors (Lipinski definition) is 3. The van der Waals surface area contributed by atoms with Gasteiger partial charge in [-0.3, -0.25) is 4.68 Å². The van der Waals surface area contributed by atoms with Crippen LogP contribution in [0.5, 0.6) is 0 Å². The van der Waals surface area contributed by atoms with Crippen LogP contribution in [0.2, 0.25) is 0 Å². The van der Waals surface area contributed by atoms with Crippen LogP contribution in [0.3, 0.4) is 0 Å². The number of benzene rings is 1. The molecule has 2 rings (SSSR count). The Labute approximate surface area is 123 Å². The molecule has 1 heterocycles. The molecular formula is C15H19N5O. The van der Waals surface area contributed by atoms with Crippen LogP contribution in [0.1, 0.15) is 26.8 Å². The van der Waals surface area contributed by atoms with E-state index >= 15 is 0 Å². The van der Waals surface area contributed by atoms with Gasteiger partial charge in [-0.25, -0.2) is 4.79 Å². The maximum Gasteiger partial charge on any atom is 0.319 e. The van der Waals surface area contributed by atoms with Gasteiger partial charge in [0.25, 0.3) is 0 Å². The Balaban J connectivity index is 2.10. The topological polar surface area (TPSA) is 82.7 Å². The van der Waals surface area contributed by atoms with Crippen molar-refractivity contribution in [2.75, 3.05) is 11.9 Å². The average molecular weight is 285 g/mol. The number of urea groups is 1. The molecule has 1 aromatic heterocycles. The second kappa shape index (κ2) is 6.27. The van der Waals surface area contributed by atoms with Gasteiger partial charge < -0.3 is 10.6 Å². The van der Waals surface area contributed by atoms with E-state index in [0.29, 0.717) is 12.2 Å². The van der Waals surface area contributed by atoms with Gasteiger partial charge in [0.15, 0.2) is 0 Å². The Morgan fingerprint density at radius 3 is 2.86 bits per heavy atom. The minimum atomic E-state index is -0.313. The lowest BCUT2D eigenvalue weighted by Gasteiger charge is -2.10. The second-order valence-electron chi connectivity index (χ2n) is 5.32. The molecule has 0 fully saturated rings. The number of fused-ring (bicyclic) bond motifs is 1. The number of carbonyl (C=O) groups excluding carboxylic acids is 1. The van der Waals surface area contributed by atoms with Crippen LogP contribution in [-0.2, 0) is 0 Å². The Morgan fingerprint density at radius 2 is 2.19 bits per heavy atom. The molecule has 0 saturated carbocycles. The third-order valence-electron chi connectivity index (χ3n) is 3.13. The minimum Gasteiger partial charge on any atom is -0.337 e. The molecular weight excluding hydrogens is 266 g/mol. The fraction of sp³-hybridized carbons (Fsp3) is 0.400. The largest absolute Gasteiger partial charge is 0.337 e. The average Bonchev–Trinajstić information content (AvgIpc) is 2.88. The molecule has 1 atom stereocenters. The Morgan fingerprint density at radius 1 is 1.43 bits per heavy atom. The highest BCUT2D eigenvalue weighted by atomic mass is 16.2. The maximum absolute atomic E-state index is 11.8. The molecule has 0 aliphatic heterocycles. The van der Waals surface area contributed by atoms with Crippen molar-refractivity contribution in [3.8, 4) is 6.07 Å². The number of hydrogen-bond donors (Lipinski definition) is 2. The van der Waals surface area contributed by atoms with Gasteiger partial charge in [-0.15, -0.1) is 0 Å². The van der Waals surface area contributed by atoms with Crippen LogP contribution in [0.4, 0.5) is 10.5 Å². The van der Waals surface area contributed by atoms with Crippen LogP contribution >= 0.6 is 0 Å². The zero-order valence-corrected chi connectivity index (χ0v) is 12.4. The van der Waals surface area contributed by atoms with E-state index in [2.05, 4.69) is 35.6 Å². The van der Waals surface area contributed by atoms with Gasteiger partial charge in [-0.05, 0) is 39.0 Å². The Bertz CT molecular complexity index is 683.